The summed E-state index contributed by atoms with van der Waals surface area (Å²) in [4.78, 5) is 33.0. The van der Waals surface area contributed by atoms with Gasteiger partial charge in [0.15, 0.2) is 17.7 Å². The Bertz CT molecular complexity index is 1150. The third-order valence-corrected chi connectivity index (χ3v) is 6.38. The van der Waals surface area contributed by atoms with Crippen LogP contribution < -0.4 is 15.0 Å². The van der Waals surface area contributed by atoms with Crippen LogP contribution in [0.4, 0.5) is 5.69 Å². The molecule has 4 rings (SSSR count). The van der Waals surface area contributed by atoms with Crippen molar-refractivity contribution in [3.8, 4) is 11.5 Å². The molecule has 1 aromatic carbocycles. The van der Waals surface area contributed by atoms with Gasteiger partial charge >= 0.3 is 5.69 Å². The van der Waals surface area contributed by atoms with Crippen molar-refractivity contribution in [1.82, 2.24) is 9.97 Å². The number of aryl methyl sites for hydroxylation is 1. The minimum absolute atomic E-state index is 0.0883. The first kappa shape index (κ1) is 19.4. The summed E-state index contributed by atoms with van der Waals surface area (Å²) >= 11 is 1.56. The Kier molecular flexibility index (Phi) is 4.99. The molecule has 0 bridgehead atoms. The highest BCUT2D eigenvalue weighted by molar-refractivity contribution is 7.18. The van der Waals surface area contributed by atoms with Gasteiger partial charge in [-0.1, -0.05) is 6.92 Å². The Balaban J connectivity index is 1.69. The second-order valence-electron chi connectivity index (χ2n) is 7.33. The van der Waals surface area contributed by atoms with Gasteiger partial charge in [-0.2, -0.15) is 0 Å². The number of hydrogen-bond acceptors (Lipinski definition) is 7. The maximum Gasteiger partial charge on any atom is 0.314 e. The second-order valence-corrected chi connectivity index (χ2v) is 8.42. The van der Waals surface area contributed by atoms with Crippen molar-refractivity contribution in [1.29, 1.82) is 0 Å². The van der Waals surface area contributed by atoms with Gasteiger partial charge in [-0.15, -0.1) is 11.3 Å². The van der Waals surface area contributed by atoms with Gasteiger partial charge in [0.25, 0.3) is 5.56 Å². The number of aromatic amines is 1. The standard InChI is InChI=1S/C20H21N3O5S/c1-10-4-6-13-16(8-10)29-20-17(13)19(24)21-18(22-20)11(2)28-15-7-5-12(27-3)9-14(15)23(25)26/h5,7,9-11H,4,6,8H2,1-3H3,(H,21,22,24)/t10-,11+/m0/s1. The van der Waals surface area contributed by atoms with E-state index in [0.717, 1.165) is 24.8 Å². The van der Waals surface area contributed by atoms with Crippen molar-refractivity contribution in [2.24, 2.45) is 5.92 Å². The molecule has 152 valence electrons. The molecule has 0 aliphatic heterocycles. The lowest BCUT2D eigenvalue weighted by atomic mass is 9.89. The molecule has 1 aliphatic carbocycles. The molecule has 2 heterocycles. The highest BCUT2D eigenvalue weighted by atomic mass is 32.1. The van der Waals surface area contributed by atoms with Crippen LogP contribution in [0.25, 0.3) is 10.2 Å². The van der Waals surface area contributed by atoms with Crippen LogP contribution in [0.15, 0.2) is 23.0 Å². The lowest BCUT2D eigenvalue weighted by Gasteiger charge is -2.17. The fourth-order valence-corrected chi connectivity index (χ4v) is 5.06. The highest BCUT2D eigenvalue weighted by Gasteiger charge is 2.25. The zero-order valence-electron chi connectivity index (χ0n) is 16.4. The van der Waals surface area contributed by atoms with E-state index in [4.69, 9.17) is 9.47 Å². The van der Waals surface area contributed by atoms with E-state index in [2.05, 4.69) is 16.9 Å². The smallest absolute Gasteiger partial charge is 0.314 e. The molecule has 2 aromatic heterocycles. The van der Waals surface area contributed by atoms with Gasteiger partial charge < -0.3 is 14.5 Å². The third kappa shape index (κ3) is 3.57. The molecule has 9 heteroatoms. The topological polar surface area (TPSA) is 107 Å². The molecule has 0 saturated carbocycles. The maximum atomic E-state index is 12.8. The molecule has 2 atom stereocenters. The average Bonchev–Trinajstić information content (AvgIpc) is 3.05. The SMILES string of the molecule is COc1ccc(O[C@H](C)c2nc3sc4c(c3c(=O)[nH]2)CC[C@H](C)C4)c([N+](=O)[O-])c1. The van der Waals surface area contributed by atoms with Crippen LogP contribution in [-0.2, 0) is 12.8 Å². The average molecular weight is 415 g/mol. The fraction of sp³-hybridized carbons (Fsp3) is 0.400. The molecule has 1 aliphatic rings. The van der Waals surface area contributed by atoms with Gasteiger partial charge in [0.2, 0.25) is 0 Å². The minimum Gasteiger partial charge on any atom is -0.496 e. The molecule has 8 nitrogen and oxygen atoms in total. The number of thiophene rings is 1. The molecule has 29 heavy (non-hydrogen) atoms. The minimum atomic E-state index is -0.669. The van der Waals surface area contributed by atoms with Gasteiger partial charge in [0.05, 0.1) is 23.5 Å². The van der Waals surface area contributed by atoms with Crippen molar-refractivity contribution in [3.05, 3.63) is 54.9 Å². The van der Waals surface area contributed by atoms with E-state index >= 15 is 0 Å². The molecule has 1 N–H and O–H groups in total. The maximum absolute atomic E-state index is 12.8. The van der Waals surface area contributed by atoms with Gasteiger partial charge in [-0.25, -0.2) is 4.98 Å². The van der Waals surface area contributed by atoms with Crippen molar-refractivity contribution in [2.45, 2.75) is 39.2 Å². The number of nitrogens with one attached hydrogen (secondary N) is 1. The number of rotatable bonds is 5. The van der Waals surface area contributed by atoms with Crippen molar-refractivity contribution >= 4 is 27.2 Å². The van der Waals surface area contributed by atoms with E-state index in [1.54, 1.807) is 24.3 Å². The summed E-state index contributed by atoms with van der Waals surface area (Å²) in [5.41, 5.74) is 0.722. The molecule has 0 spiro atoms. The predicted molar refractivity (Wildman–Crippen MR) is 110 cm³/mol. The number of fused-ring (bicyclic) bond motifs is 3. The van der Waals surface area contributed by atoms with E-state index in [-0.39, 0.29) is 17.0 Å². The van der Waals surface area contributed by atoms with Crippen LogP contribution in [-0.4, -0.2) is 22.0 Å². The van der Waals surface area contributed by atoms with Crippen LogP contribution >= 0.6 is 11.3 Å². The van der Waals surface area contributed by atoms with E-state index in [9.17, 15) is 14.9 Å². The molecular formula is C20H21N3O5S. The zero-order chi connectivity index (χ0) is 20.7. The van der Waals surface area contributed by atoms with Crippen LogP contribution in [0, 0.1) is 16.0 Å². The zero-order valence-corrected chi connectivity index (χ0v) is 17.2. The Morgan fingerprint density at radius 1 is 1.41 bits per heavy atom. The number of nitro benzene ring substituents is 1. The Morgan fingerprint density at radius 3 is 2.93 bits per heavy atom. The fourth-order valence-electron chi connectivity index (χ4n) is 3.67. The van der Waals surface area contributed by atoms with Crippen LogP contribution in [0.2, 0.25) is 0 Å². The summed E-state index contributed by atoms with van der Waals surface area (Å²) in [6.07, 6.45) is 2.26. The number of hydrogen-bond donors (Lipinski definition) is 1. The summed E-state index contributed by atoms with van der Waals surface area (Å²) in [5, 5.41) is 12.0. The normalized spacial score (nSPS) is 17.0. The number of aromatic nitrogens is 2. The van der Waals surface area contributed by atoms with Crippen molar-refractivity contribution < 1.29 is 14.4 Å². The van der Waals surface area contributed by atoms with Crippen molar-refractivity contribution in [3.63, 3.8) is 0 Å². The van der Waals surface area contributed by atoms with E-state index in [0.29, 0.717) is 27.7 Å². The summed E-state index contributed by atoms with van der Waals surface area (Å²) in [5.74, 6) is 1.40. The predicted octanol–water partition coefficient (Wildman–Crippen LogP) is 4.17. The number of nitrogens with zero attached hydrogens (tertiary/aromatic N) is 2. The number of nitro groups is 1. The first-order valence-corrected chi connectivity index (χ1v) is 10.2. The lowest BCUT2D eigenvalue weighted by molar-refractivity contribution is -0.386. The third-order valence-electron chi connectivity index (χ3n) is 5.24. The van der Waals surface area contributed by atoms with Crippen LogP contribution in [0.1, 0.15) is 42.6 Å². The van der Waals surface area contributed by atoms with Crippen LogP contribution in [0.3, 0.4) is 0 Å². The summed E-state index contributed by atoms with van der Waals surface area (Å²) < 4.78 is 10.8. The second kappa shape index (κ2) is 7.47. The monoisotopic (exact) mass is 415 g/mol. The highest BCUT2D eigenvalue weighted by Crippen LogP contribution is 2.37. The van der Waals surface area contributed by atoms with Gasteiger partial charge in [-0.3, -0.25) is 14.9 Å². The number of benzene rings is 1. The van der Waals surface area contributed by atoms with Crippen LogP contribution in [0.5, 0.6) is 11.5 Å². The van der Waals surface area contributed by atoms with Gasteiger partial charge in [0, 0.05) is 4.88 Å². The van der Waals surface area contributed by atoms with Gasteiger partial charge in [0.1, 0.15) is 10.6 Å². The molecule has 0 fully saturated rings. The summed E-state index contributed by atoms with van der Waals surface area (Å²) in [6, 6.07) is 4.37. The summed E-state index contributed by atoms with van der Waals surface area (Å²) in [7, 11) is 1.44. The van der Waals surface area contributed by atoms with E-state index in [1.807, 2.05) is 0 Å². The number of methoxy groups -OCH3 is 1. The lowest BCUT2D eigenvalue weighted by Crippen LogP contribution is -2.17. The molecular weight excluding hydrogens is 394 g/mol. The molecule has 0 saturated heterocycles. The first-order chi connectivity index (χ1) is 13.9. The molecule has 0 unspecified atom stereocenters. The molecule has 3 aromatic rings. The quantitative estimate of drug-likeness (QED) is 0.495. The van der Waals surface area contributed by atoms with Gasteiger partial charge in [-0.05, 0) is 49.8 Å². The Morgan fingerprint density at radius 2 is 2.21 bits per heavy atom. The number of ether oxygens (including phenoxy) is 2. The Labute approximate surface area is 170 Å². The molecule has 0 radical (unpaired) electrons. The van der Waals surface area contributed by atoms with Crippen molar-refractivity contribution in [2.75, 3.05) is 7.11 Å². The first-order valence-electron chi connectivity index (χ1n) is 9.41. The molecule has 0 amide bonds. The number of H-pyrrole nitrogens is 1. The summed E-state index contributed by atoms with van der Waals surface area (Å²) in [6.45, 7) is 3.92. The van der Waals surface area contributed by atoms with E-state index in [1.165, 1.54) is 24.1 Å². The van der Waals surface area contributed by atoms with E-state index < -0.39 is 11.0 Å². The largest absolute Gasteiger partial charge is 0.496 e. The Hall–Kier alpha value is -2.94.